The van der Waals surface area contributed by atoms with Crippen molar-refractivity contribution in [1.82, 2.24) is 20.4 Å². The SMILES string of the molecule is CCc1nc(-c2ccc(C(F)(F)F)cc2)sc1-c1n[nH]nc1C#N. The van der Waals surface area contributed by atoms with Gasteiger partial charge in [0.15, 0.2) is 5.69 Å². The van der Waals surface area contributed by atoms with E-state index < -0.39 is 11.7 Å². The second-order valence-electron chi connectivity index (χ2n) is 4.86. The molecule has 2 heterocycles. The van der Waals surface area contributed by atoms with Crippen LogP contribution in [0.4, 0.5) is 13.2 Å². The largest absolute Gasteiger partial charge is 0.416 e. The van der Waals surface area contributed by atoms with Crippen molar-refractivity contribution in [3.05, 3.63) is 41.2 Å². The van der Waals surface area contributed by atoms with Crippen molar-refractivity contribution in [1.29, 1.82) is 5.26 Å². The van der Waals surface area contributed by atoms with Crippen molar-refractivity contribution >= 4 is 11.3 Å². The molecule has 24 heavy (non-hydrogen) atoms. The summed E-state index contributed by atoms with van der Waals surface area (Å²) in [6.07, 6.45) is -3.77. The summed E-state index contributed by atoms with van der Waals surface area (Å²) in [7, 11) is 0. The molecule has 3 aromatic rings. The zero-order valence-electron chi connectivity index (χ0n) is 12.3. The highest BCUT2D eigenvalue weighted by molar-refractivity contribution is 7.18. The van der Waals surface area contributed by atoms with Gasteiger partial charge in [-0.25, -0.2) is 4.98 Å². The zero-order valence-corrected chi connectivity index (χ0v) is 13.2. The lowest BCUT2D eigenvalue weighted by Gasteiger charge is -2.06. The molecule has 122 valence electrons. The monoisotopic (exact) mass is 349 g/mol. The van der Waals surface area contributed by atoms with Crippen LogP contribution in [-0.4, -0.2) is 20.4 Å². The topological polar surface area (TPSA) is 78.2 Å². The predicted octanol–water partition coefficient (Wildman–Crippen LogP) is 4.05. The van der Waals surface area contributed by atoms with Crippen LogP contribution < -0.4 is 0 Å². The lowest BCUT2D eigenvalue weighted by molar-refractivity contribution is -0.137. The van der Waals surface area contributed by atoms with Crippen molar-refractivity contribution in [3.63, 3.8) is 0 Å². The van der Waals surface area contributed by atoms with Gasteiger partial charge in [-0.05, 0) is 18.6 Å². The molecule has 0 aliphatic rings. The number of halogens is 3. The standard InChI is InChI=1S/C15H10F3N5S/c1-2-10-13(12-11(7-19)21-23-22-12)24-14(20-10)8-3-5-9(6-4-8)15(16,17)18/h3-6H,2H2,1H3,(H,21,22,23). The Balaban J connectivity index is 2.03. The van der Waals surface area contributed by atoms with Gasteiger partial charge in [-0.1, -0.05) is 19.1 Å². The normalized spacial score (nSPS) is 11.5. The van der Waals surface area contributed by atoms with E-state index >= 15 is 0 Å². The van der Waals surface area contributed by atoms with Gasteiger partial charge >= 0.3 is 6.18 Å². The Morgan fingerprint density at radius 1 is 1.21 bits per heavy atom. The highest BCUT2D eigenvalue weighted by Crippen LogP contribution is 2.37. The predicted molar refractivity (Wildman–Crippen MR) is 82.0 cm³/mol. The van der Waals surface area contributed by atoms with E-state index in [1.54, 1.807) is 0 Å². The Kier molecular flexibility index (Phi) is 4.07. The molecule has 0 saturated carbocycles. The van der Waals surface area contributed by atoms with E-state index in [1.165, 1.54) is 23.5 Å². The lowest BCUT2D eigenvalue weighted by Crippen LogP contribution is -2.03. The maximum absolute atomic E-state index is 12.7. The number of rotatable bonds is 3. The highest BCUT2D eigenvalue weighted by atomic mass is 32.1. The minimum absolute atomic E-state index is 0.160. The maximum atomic E-state index is 12.7. The maximum Gasteiger partial charge on any atom is 0.416 e. The number of H-pyrrole nitrogens is 1. The summed E-state index contributed by atoms with van der Waals surface area (Å²) >= 11 is 1.27. The van der Waals surface area contributed by atoms with Crippen LogP contribution in [-0.2, 0) is 12.6 Å². The van der Waals surface area contributed by atoms with Crippen LogP contribution in [0.2, 0.25) is 0 Å². The number of nitriles is 1. The first-order valence-corrected chi connectivity index (χ1v) is 7.74. The third kappa shape index (κ3) is 2.88. The highest BCUT2D eigenvalue weighted by Gasteiger charge is 2.30. The Morgan fingerprint density at radius 3 is 2.50 bits per heavy atom. The van der Waals surface area contributed by atoms with Gasteiger partial charge < -0.3 is 0 Å². The van der Waals surface area contributed by atoms with Crippen LogP contribution in [0.1, 0.15) is 23.9 Å². The van der Waals surface area contributed by atoms with Crippen molar-refractivity contribution in [2.45, 2.75) is 19.5 Å². The van der Waals surface area contributed by atoms with Crippen molar-refractivity contribution in [2.24, 2.45) is 0 Å². The number of alkyl halides is 3. The third-order valence-electron chi connectivity index (χ3n) is 3.36. The quantitative estimate of drug-likeness (QED) is 0.774. The molecule has 0 spiro atoms. The van der Waals surface area contributed by atoms with Crippen LogP contribution in [0.3, 0.4) is 0 Å². The molecule has 0 amide bonds. The van der Waals surface area contributed by atoms with Gasteiger partial charge in [0.05, 0.1) is 16.1 Å². The number of benzene rings is 1. The second-order valence-corrected chi connectivity index (χ2v) is 5.86. The van der Waals surface area contributed by atoms with Gasteiger partial charge in [-0.2, -0.15) is 28.7 Å². The smallest absolute Gasteiger partial charge is 0.240 e. The fourth-order valence-electron chi connectivity index (χ4n) is 2.17. The van der Waals surface area contributed by atoms with E-state index in [2.05, 4.69) is 20.4 Å². The summed E-state index contributed by atoms with van der Waals surface area (Å²) in [6, 6.07) is 6.78. The number of nitrogens with zero attached hydrogens (tertiary/aromatic N) is 4. The average molecular weight is 349 g/mol. The molecule has 0 radical (unpaired) electrons. The first-order chi connectivity index (χ1) is 11.4. The first kappa shape index (κ1) is 16.1. The summed E-state index contributed by atoms with van der Waals surface area (Å²) < 4.78 is 38.0. The molecule has 0 unspecified atom stereocenters. The molecule has 1 aromatic carbocycles. The number of aromatic nitrogens is 4. The molecule has 0 fully saturated rings. The van der Waals surface area contributed by atoms with Crippen LogP contribution in [0.5, 0.6) is 0 Å². The molecule has 0 bridgehead atoms. The number of thiazole rings is 1. The Bertz CT molecular complexity index is 903. The van der Waals surface area contributed by atoms with Crippen LogP contribution in [0.15, 0.2) is 24.3 Å². The van der Waals surface area contributed by atoms with Gasteiger partial charge in [-0.15, -0.1) is 16.4 Å². The number of hydrogen-bond acceptors (Lipinski definition) is 5. The molecule has 0 aliphatic carbocycles. The number of aromatic amines is 1. The lowest BCUT2D eigenvalue weighted by atomic mass is 10.1. The molecule has 9 heteroatoms. The molecule has 0 atom stereocenters. The van der Waals surface area contributed by atoms with Crippen molar-refractivity contribution < 1.29 is 13.2 Å². The van der Waals surface area contributed by atoms with E-state index in [1.807, 2.05) is 13.0 Å². The minimum atomic E-state index is -4.37. The molecule has 0 aliphatic heterocycles. The Morgan fingerprint density at radius 2 is 1.92 bits per heavy atom. The number of aryl methyl sites for hydroxylation is 1. The van der Waals surface area contributed by atoms with E-state index in [0.717, 1.165) is 17.8 Å². The summed E-state index contributed by atoms with van der Waals surface area (Å²) in [6.45, 7) is 1.90. The molecule has 3 rings (SSSR count). The van der Waals surface area contributed by atoms with E-state index in [9.17, 15) is 13.2 Å². The van der Waals surface area contributed by atoms with E-state index in [0.29, 0.717) is 27.6 Å². The van der Waals surface area contributed by atoms with Crippen LogP contribution in [0.25, 0.3) is 21.1 Å². The minimum Gasteiger partial charge on any atom is -0.240 e. The van der Waals surface area contributed by atoms with Gasteiger partial charge in [0.1, 0.15) is 16.8 Å². The van der Waals surface area contributed by atoms with E-state index in [-0.39, 0.29) is 5.69 Å². The second kappa shape index (κ2) is 6.05. The summed E-state index contributed by atoms with van der Waals surface area (Å²) in [5.41, 5.74) is 1.16. The fraction of sp³-hybridized carbons (Fsp3) is 0.200. The molecule has 0 saturated heterocycles. The van der Waals surface area contributed by atoms with Gasteiger partial charge in [0, 0.05) is 5.56 Å². The van der Waals surface area contributed by atoms with Gasteiger partial charge in [-0.3, -0.25) is 0 Å². The molecule has 1 N–H and O–H groups in total. The first-order valence-electron chi connectivity index (χ1n) is 6.92. The number of nitrogens with one attached hydrogen (secondary N) is 1. The average Bonchev–Trinajstić information content (AvgIpc) is 3.20. The van der Waals surface area contributed by atoms with Crippen LogP contribution >= 0.6 is 11.3 Å². The van der Waals surface area contributed by atoms with Gasteiger partial charge in [0.25, 0.3) is 0 Å². The Hall–Kier alpha value is -2.73. The summed E-state index contributed by atoms with van der Waals surface area (Å²) in [5, 5.41) is 19.8. The number of hydrogen-bond donors (Lipinski definition) is 1. The molecule has 2 aromatic heterocycles. The Labute approximate surface area is 138 Å². The molecular weight excluding hydrogens is 339 g/mol. The third-order valence-corrected chi connectivity index (χ3v) is 4.51. The van der Waals surface area contributed by atoms with Crippen molar-refractivity contribution in [3.8, 4) is 27.2 Å². The summed E-state index contributed by atoms with van der Waals surface area (Å²) in [5.74, 6) is 0. The molecular formula is C15H10F3N5S. The summed E-state index contributed by atoms with van der Waals surface area (Å²) in [4.78, 5) is 5.16. The zero-order chi connectivity index (χ0) is 17.3. The van der Waals surface area contributed by atoms with Crippen molar-refractivity contribution in [2.75, 3.05) is 0 Å². The van der Waals surface area contributed by atoms with Gasteiger partial charge in [0.2, 0.25) is 0 Å². The molecule has 5 nitrogen and oxygen atoms in total. The fourth-order valence-corrected chi connectivity index (χ4v) is 3.32. The van der Waals surface area contributed by atoms with E-state index in [4.69, 9.17) is 5.26 Å². The van der Waals surface area contributed by atoms with Crippen LogP contribution in [0, 0.1) is 11.3 Å².